The summed E-state index contributed by atoms with van der Waals surface area (Å²) in [6.45, 7) is 4.03. The predicted octanol–water partition coefficient (Wildman–Crippen LogP) is 4.31. The number of carbonyl (C=O) groups excluding carboxylic acids is 2. The number of amides is 2. The summed E-state index contributed by atoms with van der Waals surface area (Å²) in [7, 11) is 0. The number of furan rings is 1. The molecule has 3 aromatic heterocycles. The molecule has 0 aliphatic heterocycles. The third-order valence-electron chi connectivity index (χ3n) is 4.66. The molecule has 2 amide bonds. The highest BCUT2D eigenvalue weighted by molar-refractivity contribution is 6.33. The zero-order chi connectivity index (χ0) is 22.7. The Morgan fingerprint density at radius 3 is 2.62 bits per heavy atom. The van der Waals surface area contributed by atoms with E-state index in [2.05, 4.69) is 20.7 Å². The number of nitrogens with zero attached hydrogens (tertiary/aromatic N) is 3. The normalized spacial score (nSPS) is 10.7. The zero-order valence-corrected chi connectivity index (χ0v) is 18.2. The Morgan fingerprint density at radius 1 is 1.06 bits per heavy atom. The van der Waals surface area contributed by atoms with Crippen molar-refractivity contribution in [3.63, 3.8) is 0 Å². The van der Waals surface area contributed by atoms with Crippen LogP contribution >= 0.6 is 11.6 Å². The molecule has 0 saturated heterocycles. The van der Waals surface area contributed by atoms with Crippen molar-refractivity contribution in [2.45, 2.75) is 20.4 Å². The summed E-state index contributed by atoms with van der Waals surface area (Å²) in [5, 5.41) is 10.2. The molecule has 2 N–H and O–H groups in total. The van der Waals surface area contributed by atoms with Gasteiger partial charge in [0.2, 0.25) is 0 Å². The molecule has 8 nitrogen and oxygen atoms in total. The molecule has 32 heavy (non-hydrogen) atoms. The molecule has 0 bridgehead atoms. The van der Waals surface area contributed by atoms with Gasteiger partial charge in [0.15, 0.2) is 11.6 Å². The van der Waals surface area contributed by atoms with Gasteiger partial charge in [0, 0.05) is 17.9 Å². The van der Waals surface area contributed by atoms with Crippen LogP contribution in [0.25, 0.3) is 5.82 Å². The summed E-state index contributed by atoms with van der Waals surface area (Å²) in [5.74, 6) is -0.0451. The second-order valence-electron chi connectivity index (χ2n) is 7.15. The van der Waals surface area contributed by atoms with Gasteiger partial charge in [-0.1, -0.05) is 23.7 Å². The quantitative estimate of drug-likeness (QED) is 0.456. The summed E-state index contributed by atoms with van der Waals surface area (Å²) in [5.41, 5.74) is 3.24. The Morgan fingerprint density at radius 2 is 1.91 bits per heavy atom. The summed E-state index contributed by atoms with van der Waals surface area (Å²) in [6.07, 6.45) is 1.43. The van der Waals surface area contributed by atoms with Crippen molar-refractivity contribution in [2.24, 2.45) is 0 Å². The van der Waals surface area contributed by atoms with E-state index in [1.807, 2.05) is 26.0 Å². The van der Waals surface area contributed by atoms with Crippen LogP contribution in [0.4, 0.5) is 5.69 Å². The molecule has 0 radical (unpaired) electrons. The van der Waals surface area contributed by atoms with E-state index >= 15 is 0 Å². The van der Waals surface area contributed by atoms with Crippen LogP contribution in [-0.2, 0) is 6.54 Å². The van der Waals surface area contributed by atoms with Gasteiger partial charge in [-0.3, -0.25) is 9.59 Å². The summed E-state index contributed by atoms with van der Waals surface area (Å²) in [4.78, 5) is 29.3. The van der Waals surface area contributed by atoms with Gasteiger partial charge >= 0.3 is 0 Å². The molecule has 3 heterocycles. The maximum Gasteiger partial charge on any atom is 0.291 e. The Bertz CT molecular complexity index is 1280. The second-order valence-corrected chi connectivity index (χ2v) is 7.56. The lowest BCUT2D eigenvalue weighted by Crippen LogP contribution is -2.25. The van der Waals surface area contributed by atoms with Crippen LogP contribution in [0.5, 0.6) is 0 Å². The predicted molar refractivity (Wildman–Crippen MR) is 120 cm³/mol. The highest BCUT2D eigenvalue weighted by atomic mass is 35.5. The van der Waals surface area contributed by atoms with Crippen molar-refractivity contribution < 1.29 is 14.0 Å². The molecule has 4 rings (SSSR count). The van der Waals surface area contributed by atoms with Crippen molar-refractivity contribution in [2.75, 3.05) is 5.32 Å². The van der Waals surface area contributed by atoms with Crippen LogP contribution in [0.1, 0.15) is 38.0 Å². The minimum Gasteiger partial charge on any atom is -0.459 e. The number of nitrogens with one attached hydrogen (secondary N) is 2. The van der Waals surface area contributed by atoms with Gasteiger partial charge in [-0.15, -0.1) is 0 Å². The first-order valence-electron chi connectivity index (χ1n) is 9.83. The van der Waals surface area contributed by atoms with Crippen LogP contribution in [-0.4, -0.2) is 26.6 Å². The van der Waals surface area contributed by atoms with Crippen LogP contribution in [0, 0.1) is 13.8 Å². The number of aromatic nitrogens is 3. The lowest BCUT2D eigenvalue weighted by Gasteiger charge is -2.10. The van der Waals surface area contributed by atoms with E-state index in [0.29, 0.717) is 11.5 Å². The van der Waals surface area contributed by atoms with Gasteiger partial charge < -0.3 is 15.1 Å². The average molecular weight is 450 g/mol. The van der Waals surface area contributed by atoms with E-state index in [9.17, 15) is 9.59 Å². The highest BCUT2D eigenvalue weighted by Gasteiger charge is 2.15. The zero-order valence-electron chi connectivity index (χ0n) is 17.4. The molecule has 0 fully saturated rings. The smallest absolute Gasteiger partial charge is 0.291 e. The van der Waals surface area contributed by atoms with Crippen LogP contribution in [0.15, 0.2) is 65.3 Å². The number of aryl methyl sites for hydroxylation is 2. The SMILES string of the molecule is Cc1cc(C)n(-c2ccc(Cl)c(C(=O)NCc3cccc(NC(=O)c4ccco4)c3)n2)n1. The minimum atomic E-state index is -0.414. The number of pyridine rings is 1. The molecule has 0 aliphatic rings. The molecule has 1 aromatic carbocycles. The number of halogens is 1. The molecule has 0 atom stereocenters. The molecule has 0 spiro atoms. The number of benzene rings is 1. The van der Waals surface area contributed by atoms with Crippen LogP contribution in [0.3, 0.4) is 0 Å². The van der Waals surface area contributed by atoms with Crippen molar-refractivity contribution in [3.8, 4) is 5.82 Å². The fraction of sp³-hybridized carbons (Fsp3) is 0.130. The van der Waals surface area contributed by atoms with E-state index in [1.54, 1.807) is 47.1 Å². The largest absolute Gasteiger partial charge is 0.459 e. The van der Waals surface area contributed by atoms with Gasteiger partial charge in [0.05, 0.1) is 17.0 Å². The number of carbonyl (C=O) groups is 2. The standard InChI is InChI=1S/C23H20ClN5O3/c1-14-11-15(2)29(28-14)20-9-8-18(24)21(27-20)23(31)25-13-16-5-3-6-17(12-16)26-22(30)19-7-4-10-32-19/h3-12H,13H2,1-2H3,(H,25,31)(H,26,30). The number of hydrogen-bond acceptors (Lipinski definition) is 5. The highest BCUT2D eigenvalue weighted by Crippen LogP contribution is 2.18. The third kappa shape index (κ3) is 4.70. The Hall–Kier alpha value is -3.91. The lowest BCUT2D eigenvalue weighted by molar-refractivity contribution is 0.0944. The first-order valence-corrected chi connectivity index (χ1v) is 10.2. The molecular weight excluding hydrogens is 430 g/mol. The van der Waals surface area contributed by atoms with Crippen LogP contribution < -0.4 is 10.6 Å². The van der Waals surface area contributed by atoms with Crippen molar-refractivity contribution in [1.82, 2.24) is 20.1 Å². The lowest BCUT2D eigenvalue weighted by atomic mass is 10.2. The molecular formula is C23H20ClN5O3. The van der Waals surface area contributed by atoms with Gasteiger partial charge in [-0.2, -0.15) is 5.10 Å². The minimum absolute atomic E-state index is 0.110. The third-order valence-corrected chi connectivity index (χ3v) is 4.96. The Balaban J connectivity index is 1.45. The van der Waals surface area contributed by atoms with E-state index in [1.165, 1.54) is 6.26 Å². The molecule has 9 heteroatoms. The van der Waals surface area contributed by atoms with Gasteiger partial charge in [0.25, 0.3) is 11.8 Å². The van der Waals surface area contributed by atoms with Gasteiger partial charge in [-0.25, -0.2) is 9.67 Å². The second kappa shape index (κ2) is 9.07. The van der Waals surface area contributed by atoms with Crippen molar-refractivity contribution >= 4 is 29.1 Å². The number of rotatable bonds is 6. The monoisotopic (exact) mass is 449 g/mol. The van der Waals surface area contributed by atoms with Gasteiger partial charge in [-0.05, 0) is 61.9 Å². The molecule has 0 saturated carbocycles. The first kappa shape index (κ1) is 21.3. The van der Waals surface area contributed by atoms with E-state index < -0.39 is 5.91 Å². The molecule has 0 unspecified atom stereocenters. The summed E-state index contributed by atoms with van der Waals surface area (Å²) < 4.78 is 6.75. The first-order chi connectivity index (χ1) is 15.4. The fourth-order valence-corrected chi connectivity index (χ4v) is 3.39. The fourth-order valence-electron chi connectivity index (χ4n) is 3.20. The van der Waals surface area contributed by atoms with Gasteiger partial charge in [0.1, 0.15) is 5.69 Å². The maximum absolute atomic E-state index is 12.8. The van der Waals surface area contributed by atoms with Crippen LogP contribution in [0.2, 0.25) is 5.02 Å². The van der Waals surface area contributed by atoms with Crippen molar-refractivity contribution in [3.05, 3.63) is 94.3 Å². The van der Waals surface area contributed by atoms with E-state index in [0.717, 1.165) is 17.0 Å². The molecule has 0 aliphatic carbocycles. The molecule has 162 valence electrons. The number of anilines is 1. The van der Waals surface area contributed by atoms with E-state index in [4.69, 9.17) is 16.0 Å². The average Bonchev–Trinajstić information content (AvgIpc) is 3.42. The summed E-state index contributed by atoms with van der Waals surface area (Å²) >= 11 is 6.23. The maximum atomic E-state index is 12.8. The number of hydrogen-bond donors (Lipinski definition) is 2. The van der Waals surface area contributed by atoms with E-state index in [-0.39, 0.29) is 28.9 Å². The topological polar surface area (TPSA) is 102 Å². The van der Waals surface area contributed by atoms with Crippen molar-refractivity contribution in [1.29, 1.82) is 0 Å². The molecule has 4 aromatic rings. The Labute approximate surface area is 189 Å². The summed E-state index contributed by atoms with van der Waals surface area (Å²) in [6, 6.07) is 15.6. The Kier molecular flexibility index (Phi) is 6.04.